The minimum absolute atomic E-state index is 0.00659. The predicted molar refractivity (Wildman–Crippen MR) is 109 cm³/mol. The van der Waals surface area contributed by atoms with Crippen molar-refractivity contribution >= 4 is 12.0 Å². The van der Waals surface area contributed by atoms with Gasteiger partial charge in [0.1, 0.15) is 6.10 Å². The predicted octanol–water partition coefficient (Wildman–Crippen LogP) is 3.44. The Balaban J connectivity index is 1.44. The molecule has 1 aliphatic carbocycles. The van der Waals surface area contributed by atoms with E-state index in [1.54, 1.807) is 23.1 Å². The number of carbonyl (C=O) groups excluding carboxylic acids is 2. The van der Waals surface area contributed by atoms with Gasteiger partial charge in [-0.05, 0) is 55.2 Å². The molecule has 1 aliphatic heterocycles. The number of hydrogen-bond donors (Lipinski definition) is 2. The second-order valence-corrected chi connectivity index (χ2v) is 8.90. The summed E-state index contributed by atoms with van der Waals surface area (Å²) in [7, 11) is 1.48. The first-order chi connectivity index (χ1) is 13.8. The van der Waals surface area contributed by atoms with Crippen LogP contribution in [0.25, 0.3) is 0 Å². The fourth-order valence-corrected chi connectivity index (χ4v) is 4.01. The molecule has 1 atom stereocenters. The third-order valence-corrected chi connectivity index (χ3v) is 6.08. The SMILES string of the molecule is COc1cc(CNC(=O)[C@@H]2CCN(C(=O)OC3CCC(C)(C)CC3)C2)ccc1O. The van der Waals surface area contributed by atoms with Gasteiger partial charge in [-0.2, -0.15) is 0 Å². The molecule has 2 N–H and O–H groups in total. The highest BCUT2D eigenvalue weighted by Crippen LogP contribution is 2.36. The van der Waals surface area contributed by atoms with Crippen LogP contribution in [-0.2, 0) is 16.1 Å². The third kappa shape index (κ3) is 5.55. The molecule has 0 spiro atoms. The van der Waals surface area contributed by atoms with Crippen LogP contribution in [0.2, 0.25) is 0 Å². The highest BCUT2D eigenvalue weighted by molar-refractivity contribution is 5.80. The minimum Gasteiger partial charge on any atom is -0.504 e. The maximum Gasteiger partial charge on any atom is 0.410 e. The summed E-state index contributed by atoms with van der Waals surface area (Å²) in [5.41, 5.74) is 1.17. The first kappa shape index (κ1) is 21.3. The van der Waals surface area contributed by atoms with Crippen molar-refractivity contribution in [1.82, 2.24) is 10.2 Å². The second-order valence-electron chi connectivity index (χ2n) is 8.90. The number of hydrogen-bond acceptors (Lipinski definition) is 5. The largest absolute Gasteiger partial charge is 0.504 e. The maximum absolute atomic E-state index is 12.5. The van der Waals surface area contributed by atoms with Gasteiger partial charge in [-0.25, -0.2) is 4.79 Å². The number of phenols is 1. The second kappa shape index (κ2) is 8.93. The quantitative estimate of drug-likeness (QED) is 0.785. The fourth-order valence-electron chi connectivity index (χ4n) is 4.01. The zero-order chi connectivity index (χ0) is 21.0. The molecule has 0 aromatic heterocycles. The number of nitrogens with zero attached hydrogens (tertiary/aromatic N) is 1. The Labute approximate surface area is 172 Å². The Morgan fingerprint density at radius 3 is 2.66 bits per heavy atom. The Morgan fingerprint density at radius 1 is 1.24 bits per heavy atom. The molecular formula is C22H32N2O5. The molecule has 0 unspecified atom stereocenters. The van der Waals surface area contributed by atoms with E-state index in [0.29, 0.717) is 37.2 Å². The van der Waals surface area contributed by atoms with E-state index in [2.05, 4.69) is 19.2 Å². The molecule has 160 valence electrons. The van der Waals surface area contributed by atoms with Crippen LogP contribution in [0.15, 0.2) is 18.2 Å². The molecule has 3 rings (SSSR count). The summed E-state index contributed by atoms with van der Waals surface area (Å²) in [5.74, 6) is 0.130. The van der Waals surface area contributed by atoms with Gasteiger partial charge >= 0.3 is 6.09 Å². The number of nitrogens with one attached hydrogen (secondary N) is 1. The molecule has 2 amide bonds. The van der Waals surface area contributed by atoms with E-state index < -0.39 is 0 Å². The Bertz CT molecular complexity index is 739. The molecule has 1 aromatic rings. The van der Waals surface area contributed by atoms with Crippen LogP contribution < -0.4 is 10.1 Å². The smallest absolute Gasteiger partial charge is 0.410 e. The van der Waals surface area contributed by atoms with Gasteiger partial charge < -0.3 is 24.8 Å². The number of benzene rings is 1. The molecule has 1 aromatic carbocycles. The lowest BCUT2D eigenvalue weighted by atomic mass is 9.76. The van der Waals surface area contributed by atoms with Gasteiger partial charge in [-0.1, -0.05) is 19.9 Å². The van der Waals surface area contributed by atoms with E-state index in [9.17, 15) is 14.7 Å². The number of methoxy groups -OCH3 is 1. The Morgan fingerprint density at radius 2 is 1.97 bits per heavy atom. The topological polar surface area (TPSA) is 88.1 Å². The number of carbonyl (C=O) groups is 2. The lowest BCUT2D eigenvalue weighted by Crippen LogP contribution is -2.37. The van der Waals surface area contributed by atoms with Crippen LogP contribution in [0.4, 0.5) is 4.79 Å². The van der Waals surface area contributed by atoms with Gasteiger partial charge in [0, 0.05) is 19.6 Å². The molecule has 1 saturated carbocycles. The van der Waals surface area contributed by atoms with Crippen LogP contribution in [0, 0.1) is 11.3 Å². The van der Waals surface area contributed by atoms with E-state index in [1.807, 2.05) is 0 Å². The average Bonchev–Trinajstić information content (AvgIpc) is 3.19. The van der Waals surface area contributed by atoms with Crippen molar-refractivity contribution in [2.75, 3.05) is 20.2 Å². The summed E-state index contributed by atoms with van der Waals surface area (Å²) in [6.07, 6.45) is 4.29. The van der Waals surface area contributed by atoms with Crippen LogP contribution in [0.1, 0.15) is 51.5 Å². The number of phenolic OH excluding ortho intramolecular Hbond substituents is 1. The Kier molecular flexibility index (Phi) is 6.55. The van der Waals surface area contributed by atoms with Crippen molar-refractivity contribution in [2.45, 2.75) is 58.6 Å². The first-order valence-electron chi connectivity index (χ1n) is 10.4. The molecule has 2 fully saturated rings. The van der Waals surface area contributed by atoms with Crippen molar-refractivity contribution in [2.24, 2.45) is 11.3 Å². The molecule has 1 saturated heterocycles. The molecule has 0 bridgehead atoms. The summed E-state index contributed by atoms with van der Waals surface area (Å²) in [6, 6.07) is 4.97. The first-order valence-corrected chi connectivity index (χ1v) is 10.4. The molecule has 29 heavy (non-hydrogen) atoms. The van der Waals surface area contributed by atoms with Gasteiger partial charge in [0.05, 0.1) is 13.0 Å². The summed E-state index contributed by atoms with van der Waals surface area (Å²) in [6.45, 7) is 5.78. The van der Waals surface area contributed by atoms with Gasteiger partial charge in [0.2, 0.25) is 5.91 Å². The number of amides is 2. The average molecular weight is 405 g/mol. The lowest BCUT2D eigenvalue weighted by Gasteiger charge is -2.34. The Hall–Kier alpha value is -2.44. The van der Waals surface area contributed by atoms with Gasteiger partial charge in [0.15, 0.2) is 11.5 Å². The van der Waals surface area contributed by atoms with Crippen molar-refractivity contribution < 1.29 is 24.2 Å². The van der Waals surface area contributed by atoms with E-state index in [4.69, 9.17) is 9.47 Å². The molecule has 0 radical (unpaired) electrons. The molecule has 2 aliphatic rings. The zero-order valence-electron chi connectivity index (χ0n) is 17.6. The van der Waals surface area contributed by atoms with E-state index >= 15 is 0 Å². The van der Waals surface area contributed by atoms with Crippen LogP contribution in [-0.4, -0.2) is 48.3 Å². The van der Waals surface area contributed by atoms with Gasteiger partial charge in [0.25, 0.3) is 0 Å². The fraction of sp³-hybridized carbons (Fsp3) is 0.636. The maximum atomic E-state index is 12.5. The number of ether oxygens (including phenoxy) is 2. The summed E-state index contributed by atoms with van der Waals surface area (Å²) < 4.78 is 10.8. The number of aromatic hydroxyl groups is 1. The van der Waals surface area contributed by atoms with Crippen molar-refractivity contribution in [3.05, 3.63) is 23.8 Å². The normalized spacial score (nSPS) is 21.6. The van der Waals surface area contributed by atoms with Crippen LogP contribution in [0.5, 0.6) is 11.5 Å². The van der Waals surface area contributed by atoms with E-state index in [-0.39, 0.29) is 29.8 Å². The lowest BCUT2D eigenvalue weighted by molar-refractivity contribution is -0.124. The summed E-state index contributed by atoms with van der Waals surface area (Å²) in [5, 5.41) is 12.6. The van der Waals surface area contributed by atoms with Gasteiger partial charge in [-0.15, -0.1) is 0 Å². The molecule has 7 heteroatoms. The van der Waals surface area contributed by atoms with Crippen molar-refractivity contribution in [1.29, 1.82) is 0 Å². The highest BCUT2D eigenvalue weighted by atomic mass is 16.6. The standard InChI is InChI=1S/C22H32N2O5/c1-22(2)9-6-17(7-10-22)29-21(27)24-11-8-16(14-24)20(26)23-13-15-4-5-18(25)19(12-15)28-3/h4-5,12,16-17,25H,6-11,13-14H2,1-3H3,(H,23,26)/t16-/m1/s1. The van der Waals surface area contributed by atoms with Gasteiger partial charge in [-0.3, -0.25) is 4.79 Å². The number of rotatable bonds is 5. The van der Waals surface area contributed by atoms with Crippen LogP contribution >= 0.6 is 0 Å². The summed E-state index contributed by atoms with van der Waals surface area (Å²) in [4.78, 5) is 26.6. The van der Waals surface area contributed by atoms with Crippen molar-refractivity contribution in [3.8, 4) is 11.5 Å². The monoisotopic (exact) mass is 404 g/mol. The molecular weight excluding hydrogens is 372 g/mol. The van der Waals surface area contributed by atoms with E-state index in [1.165, 1.54) is 7.11 Å². The minimum atomic E-state index is -0.298. The highest BCUT2D eigenvalue weighted by Gasteiger charge is 2.34. The van der Waals surface area contributed by atoms with Crippen molar-refractivity contribution in [3.63, 3.8) is 0 Å². The number of likely N-dealkylation sites (tertiary alicyclic amines) is 1. The molecule has 7 nitrogen and oxygen atoms in total. The third-order valence-electron chi connectivity index (χ3n) is 6.08. The van der Waals surface area contributed by atoms with E-state index in [0.717, 1.165) is 31.2 Å². The summed E-state index contributed by atoms with van der Waals surface area (Å²) >= 11 is 0. The zero-order valence-corrected chi connectivity index (χ0v) is 17.6. The molecule has 1 heterocycles. The van der Waals surface area contributed by atoms with Crippen LogP contribution in [0.3, 0.4) is 0 Å².